The van der Waals surface area contributed by atoms with Gasteiger partial charge >= 0.3 is 0 Å². The number of nitrogens with zero attached hydrogens (tertiary/aromatic N) is 3. The summed E-state index contributed by atoms with van der Waals surface area (Å²) in [6, 6.07) is 1.43. The molecule has 1 fully saturated rings. The highest BCUT2D eigenvalue weighted by Gasteiger charge is 2.26. The maximum atomic E-state index is 4.38. The van der Waals surface area contributed by atoms with E-state index >= 15 is 0 Å². The molecule has 100 valence electrons. The van der Waals surface area contributed by atoms with Crippen LogP contribution in [0.25, 0.3) is 0 Å². The highest BCUT2D eigenvalue weighted by atomic mass is 28.3. The third-order valence-electron chi connectivity index (χ3n) is 4.34. The lowest BCUT2D eigenvalue weighted by atomic mass is 10.4. The van der Waals surface area contributed by atoms with Crippen LogP contribution in [0.5, 0.6) is 0 Å². The summed E-state index contributed by atoms with van der Waals surface area (Å²) in [6.07, 6.45) is 1.32. The molecule has 0 atom stereocenters. The van der Waals surface area contributed by atoms with E-state index in [0.717, 1.165) is 18.6 Å². The molecule has 0 unspecified atom stereocenters. The Labute approximate surface area is 108 Å². The van der Waals surface area contributed by atoms with Crippen molar-refractivity contribution in [3.05, 3.63) is 0 Å². The van der Waals surface area contributed by atoms with Crippen LogP contribution < -0.4 is 0 Å². The number of likely N-dealkylation sites (N-methyl/N-ethyl adjacent to an activating group) is 1. The largest absolute Gasteiger partial charge is 0.344 e. The van der Waals surface area contributed by atoms with E-state index in [9.17, 15) is 0 Å². The standard InChI is InChI=1S/C13H29N3Si/c1-12(2)17(5,6)11-7-8-16-10-9-15(4)13(16)14-3/h12H,7-11H2,1-6H3/b14-13-. The van der Waals surface area contributed by atoms with Crippen LogP contribution in [-0.4, -0.2) is 57.6 Å². The Hall–Kier alpha value is -0.513. The topological polar surface area (TPSA) is 18.8 Å². The third-order valence-corrected chi connectivity index (χ3v) is 9.11. The molecule has 0 radical (unpaired) electrons. The zero-order valence-electron chi connectivity index (χ0n) is 12.5. The van der Waals surface area contributed by atoms with Crippen molar-refractivity contribution in [1.29, 1.82) is 0 Å². The lowest BCUT2D eigenvalue weighted by molar-refractivity contribution is 0.458. The molecule has 1 aliphatic heterocycles. The van der Waals surface area contributed by atoms with Crippen molar-refractivity contribution in [2.45, 2.75) is 44.9 Å². The van der Waals surface area contributed by atoms with Crippen molar-refractivity contribution >= 4 is 14.0 Å². The van der Waals surface area contributed by atoms with Gasteiger partial charge in [0.25, 0.3) is 0 Å². The zero-order chi connectivity index (χ0) is 13.1. The molecule has 0 N–H and O–H groups in total. The fraction of sp³-hybridized carbons (Fsp3) is 0.923. The van der Waals surface area contributed by atoms with Crippen molar-refractivity contribution in [3.63, 3.8) is 0 Å². The lowest BCUT2D eigenvalue weighted by Gasteiger charge is -2.28. The molecule has 0 aromatic carbocycles. The maximum Gasteiger partial charge on any atom is 0.196 e. The van der Waals surface area contributed by atoms with Gasteiger partial charge in [0.05, 0.1) is 0 Å². The van der Waals surface area contributed by atoms with Crippen molar-refractivity contribution in [2.75, 3.05) is 33.7 Å². The maximum absolute atomic E-state index is 4.38. The highest BCUT2D eigenvalue weighted by Crippen LogP contribution is 2.26. The SMILES string of the molecule is C/N=C1/N(C)CCN1CCC[Si](C)(C)C(C)C. The Morgan fingerprint density at radius 3 is 2.47 bits per heavy atom. The van der Waals surface area contributed by atoms with Crippen LogP contribution in [0.3, 0.4) is 0 Å². The summed E-state index contributed by atoms with van der Waals surface area (Å²) in [5.41, 5.74) is 0.892. The summed E-state index contributed by atoms with van der Waals surface area (Å²) < 4.78 is 0. The molecule has 1 rings (SSSR count). The molecule has 1 aliphatic rings. The normalized spacial score (nSPS) is 19.8. The lowest BCUT2D eigenvalue weighted by Crippen LogP contribution is -2.34. The summed E-state index contributed by atoms with van der Waals surface area (Å²) in [5, 5.41) is 0. The van der Waals surface area contributed by atoms with Gasteiger partial charge in [-0.15, -0.1) is 0 Å². The van der Waals surface area contributed by atoms with Crippen LogP contribution in [-0.2, 0) is 0 Å². The smallest absolute Gasteiger partial charge is 0.196 e. The Morgan fingerprint density at radius 2 is 1.94 bits per heavy atom. The number of hydrogen-bond donors (Lipinski definition) is 0. The van der Waals surface area contributed by atoms with Crippen LogP contribution in [0.2, 0.25) is 24.7 Å². The van der Waals surface area contributed by atoms with Gasteiger partial charge in [-0.2, -0.15) is 0 Å². The van der Waals surface area contributed by atoms with E-state index in [4.69, 9.17) is 0 Å². The van der Waals surface area contributed by atoms with Crippen LogP contribution in [0.1, 0.15) is 20.3 Å². The first-order chi connectivity index (χ1) is 7.88. The van der Waals surface area contributed by atoms with Crippen LogP contribution in [0.15, 0.2) is 4.99 Å². The summed E-state index contributed by atoms with van der Waals surface area (Å²) in [6.45, 7) is 13.2. The van der Waals surface area contributed by atoms with E-state index in [-0.39, 0.29) is 0 Å². The molecular weight excluding hydrogens is 226 g/mol. The molecule has 0 amide bonds. The van der Waals surface area contributed by atoms with Crippen LogP contribution >= 0.6 is 0 Å². The predicted octanol–water partition coefficient (Wildman–Crippen LogP) is 2.73. The fourth-order valence-electron chi connectivity index (χ4n) is 2.25. The number of hydrogen-bond acceptors (Lipinski definition) is 1. The zero-order valence-corrected chi connectivity index (χ0v) is 13.5. The summed E-state index contributed by atoms with van der Waals surface area (Å²) in [5.74, 6) is 1.18. The Bertz CT molecular complexity index is 274. The van der Waals surface area contributed by atoms with Gasteiger partial charge in [0, 0.05) is 41.8 Å². The average Bonchev–Trinajstić information content (AvgIpc) is 2.59. The quantitative estimate of drug-likeness (QED) is 0.704. The van der Waals surface area contributed by atoms with E-state index in [1.54, 1.807) is 0 Å². The van der Waals surface area contributed by atoms with E-state index < -0.39 is 8.07 Å². The molecule has 1 heterocycles. The minimum atomic E-state index is -0.982. The monoisotopic (exact) mass is 255 g/mol. The molecule has 0 aliphatic carbocycles. The minimum Gasteiger partial charge on any atom is -0.344 e. The molecule has 3 nitrogen and oxygen atoms in total. The number of rotatable bonds is 5. The first-order valence-electron chi connectivity index (χ1n) is 6.81. The average molecular weight is 255 g/mol. The van der Waals surface area contributed by atoms with Crippen molar-refractivity contribution in [2.24, 2.45) is 4.99 Å². The first kappa shape index (κ1) is 14.5. The summed E-state index contributed by atoms with van der Waals surface area (Å²) >= 11 is 0. The number of guanidine groups is 1. The number of aliphatic imine (C=N–C) groups is 1. The van der Waals surface area contributed by atoms with Gasteiger partial charge < -0.3 is 9.80 Å². The van der Waals surface area contributed by atoms with Crippen LogP contribution in [0, 0.1) is 0 Å². The van der Waals surface area contributed by atoms with Gasteiger partial charge in [0.15, 0.2) is 5.96 Å². The van der Waals surface area contributed by atoms with E-state index in [1.165, 1.54) is 25.0 Å². The van der Waals surface area contributed by atoms with E-state index in [2.05, 4.69) is 48.8 Å². The van der Waals surface area contributed by atoms with Gasteiger partial charge in [0.1, 0.15) is 0 Å². The highest BCUT2D eigenvalue weighted by molar-refractivity contribution is 6.78. The molecular formula is C13H29N3Si. The Kier molecular flexibility index (Phi) is 5.04. The molecule has 4 heteroatoms. The molecule has 0 saturated carbocycles. The minimum absolute atomic E-state index is 0.892. The molecule has 1 saturated heterocycles. The van der Waals surface area contributed by atoms with Gasteiger partial charge in [-0.1, -0.05) is 38.5 Å². The molecule has 0 bridgehead atoms. The van der Waals surface area contributed by atoms with Crippen molar-refractivity contribution in [1.82, 2.24) is 9.80 Å². The second kappa shape index (κ2) is 5.89. The van der Waals surface area contributed by atoms with Gasteiger partial charge in [-0.05, 0) is 6.42 Å². The summed E-state index contributed by atoms with van der Waals surface area (Å²) in [7, 11) is 3.05. The van der Waals surface area contributed by atoms with Crippen molar-refractivity contribution < 1.29 is 0 Å². The molecule has 0 aromatic rings. The van der Waals surface area contributed by atoms with Gasteiger partial charge in [-0.25, -0.2) is 0 Å². The molecule has 0 spiro atoms. The summed E-state index contributed by atoms with van der Waals surface area (Å²) in [4.78, 5) is 9.07. The van der Waals surface area contributed by atoms with Crippen LogP contribution in [0.4, 0.5) is 0 Å². The fourth-order valence-corrected chi connectivity index (χ4v) is 3.90. The Morgan fingerprint density at radius 1 is 1.29 bits per heavy atom. The second-order valence-electron chi connectivity index (χ2n) is 6.18. The molecule has 17 heavy (non-hydrogen) atoms. The third kappa shape index (κ3) is 3.73. The Balaban J connectivity index is 2.37. The first-order valence-corrected chi connectivity index (χ1v) is 10.1. The van der Waals surface area contributed by atoms with Crippen molar-refractivity contribution in [3.8, 4) is 0 Å². The van der Waals surface area contributed by atoms with Gasteiger partial charge in [0.2, 0.25) is 0 Å². The van der Waals surface area contributed by atoms with E-state index in [0.29, 0.717) is 0 Å². The molecule has 0 aromatic heterocycles. The predicted molar refractivity (Wildman–Crippen MR) is 79.6 cm³/mol. The second-order valence-corrected chi connectivity index (χ2v) is 11.8. The van der Waals surface area contributed by atoms with Gasteiger partial charge in [-0.3, -0.25) is 4.99 Å². The van der Waals surface area contributed by atoms with E-state index in [1.807, 2.05) is 7.05 Å².